The molecule has 0 spiro atoms. The van der Waals surface area contributed by atoms with Crippen LogP contribution in [0.3, 0.4) is 0 Å². The average molecular weight is 413 g/mol. The Morgan fingerprint density at radius 1 is 1.17 bits per heavy atom. The van der Waals surface area contributed by atoms with E-state index in [1.54, 1.807) is 14.2 Å². The Labute approximate surface area is 178 Å². The van der Waals surface area contributed by atoms with Crippen molar-refractivity contribution in [2.24, 2.45) is 4.99 Å². The first-order valence-corrected chi connectivity index (χ1v) is 10.3. The highest BCUT2D eigenvalue weighted by atomic mass is 16.5. The van der Waals surface area contributed by atoms with E-state index in [0.29, 0.717) is 24.9 Å². The molecule has 0 saturated carbocycles. The van der Waals surface area contributed by atoms with E-state index in [-0.39, 0.29) is 0 Å². The molecule has 1 aromatic carbocycles. The number of pyridine rings is 1. The highest BCUT2D eigenvalue weighted by Gasteiger charge is 2.18. The van der Waals surface area contributed by atoms with Crippen molar-refractivity contribution in [3.8, 4) is 11.5 Å². The van der Waals surface area contributed by atoms with Crippen molar-refractivity contribution in [2.45, 2.75) is 13.5 Å². The fourth-order valence-electron chi connectivity index (χ4n) is 3.39. The number of guanidine groups is 1. The van der Waals surface area contributed by atoms with E-state index in [1.165, 1.54) is 0 Å². The predicted molar refractivity (Wildman–Crippen MR) is 122 cm³/mol. The summed E-state index contributed by atoms with van der Waals surface area (Å²) in [6.45, 7) is 7.24. The van der Waals surface area contributed by atoms with Crippen LogP contribution in [-0.2, 0) is 6.54 Å². The van der Waals surface area contributed by atoms with Crippen molar-refractivity contribution in [1.82, 2.24) is 15.2 Å². The third-order valence-electron chi connectivity index (χ3n) is 5.07. The van der Waals surface area contributed by atoms with Crippen molar-refractivity contribution in [3.63, 3.8) is 0 Å². The van der Waals surface area contributed by atoms with Gasteiger partial charge in [0.05, 0.1) is 13.7 Å². The van der Waals surface area contributed by atoms with Gasteiger partial charge in [-0.15, -0.1) is 0 Å². The van der Waals surface area contributed by atoms with Gasteiger partial charge in [0.25, 0.3) is 0 Å². The Balaban J connectivity index is 1.65. The second-order valence-electron chi connectivity index (χ2n) is 7.13. The summed E-state index contributed by atoms with van der Waals surface area (Å²) in [6.07, 6.45) is 1.86. The van der Waals surface area contributed by atoms with Crippen molar-refractivity contribution >= 4 is 17.5 Å². The number of likely N-dealkylation sites (N-methyl/N-ethyl adjacent to an activating group) is 1. The lowest BCUT2D eigenvalue weighted by Crippen LogP contribution is -2.45. The number of nitrogens with zero attached hydrogens (tertiary/aromatic N) is 4. The summed E-state index contributed by atoms with van der Waals surface area (Å²) in [4.78, 5) is 13.7. The molecule has 2 N–H and O–H groups in total. The van der Waals surface area contributed by atoms with Gasteiger partial charge in [-0.3, -0.25) is 4.99 Å². The minimum Gasteiger partial charge on any atom is -0.493 e. The normalized spacial score (nSPS) is 15.1. The number of aliphatic imine (C=N–C) groups is 1. The van der Waals surface area contributed by atoms with Crippen LogP contribution in [0.15, 0.2) is 41.5 Å². The second kappa shape index (κ2) is 10.7. The van der Waals surface area contributed by atoms with Gasteiger partial charge in [-0.05, 0) is 32.2 Å². The summed E-state index contributed by atoms with van der Waals surface area (Å²) in [5.41, 5.74) is 2.02. The summed E-state index contributed by atoms with van der Waals surface area (Å²) in [5, 5.41) is 6.70. The van der Waals surface area contributed by atoms with Crippen molar-refractivity contribution < 1.29 is 9.47 Å². The zero-order valence-electron chi connectivity index (χ0n) is 18.3. The molecule has 8 heteroatoms. The van der Waals surface area contributed by atoms with Crippen molar-refractivity contribution in [1.29, 1.82) is 0 Å². The smallest absolute Gasteiger partial charge is 0.195 e. The van der Waals surface area contributed by atoms with E-state index in [1.807, 2.05) is 37.4 Å². The lowest BCUT2D eigenvalue weighted by molar-refractivity contribution is 0.311. The van der Waals surface area contributed by atoms with E-state index in [0.717, 1.165) is 49.0 Å². The first kappa shape index (κ1) is 21.7. The molecule has 0 unspecified atom stereocenters. The maximum absolute atomic E-state index is 5.58. The van der Waals surface area contributed by atoms with Gasteiger partial charge in [-0.25, -0.2) is 4.98 Å². The number of methoxy groups -OCH3 is 1. The lowest BCUT2D eigenvalue weighted by Gasteiger charge is -2.34. The topological polar surface area (TPSA) is 74.2 Å². The largest absolute Gasteiger partial charge is 0.493 e. The highest BCUT2D eigenvalue weighted by molar-refractivity contribution is 5.93. The van der Waals surface area contributed by atoms with E-state index in [9.17, 15) is 0 Å². The first-order valence-electron chi connectivity index (χ1n) is 10.3. The van der Waals surface area contributed by atoms with Gasteiger partial charge in [0.15, 0.2) is 17.5 Å². The summed E-state index contributed by atoms with van der Waals surface area (Å²) in [6, 6.07) is 9.83. The van der Waals surface area contributed by atoms with Crippen molar-refractivity contribution in [2.75, 3.05) is 64.2 Å². The molecular formula is C22H32N6O2. The minimum atomic E-state index is 0.590. The van der Waals surface area contributed by atoms with Crippen LogP contribution in [0.2, 0.25) is 0 Å². The van der Waals surface area contributed by atoms with Crippen LogP contribution in [0.5, 0.6) is 11.5 Å². The number of piperazine rings is 1. The Bertz CT molecular complexity index is 849. The van der Waals surface area contributed by atoms with Crippen LogP contribution in [0.1, 0.15) is 12.5 Å². The highest BCUT2D eigenvalue weighted by Crippen LogP contribution is 2.30. The molecule has 162 valence electrons. The lowest BCUT2D eigenvalue weighted by atomic mass is 10.2. The number of aromatic nitrogens is 1. The molecule has 0 bridgehead atoms. The third kappa shape index (κ3) is 5.54. The second-order valence-corrected chi connectivity index (χ2v) is 7.13. The van der Waals surface area contributed by atoms with Gasteiger partial charge in [0.2, 0.25) is 0 Å². The maximum atomic E-state index is 5.58. The number of nitrogens with one attached hydrogen (secondary N) is 2. The predicted octanol–water partition coefficient (Wildman–Crippen LogP) is 2.43. The van der Waals surface area contributed by atoms with E-state index in [4.69, 9.17) is 9.47 Å². The molecule has 2 heterocycles. The SMILES string of the molecule is CCOc1ccc(NC(=NC)NCc2cccnc2N2CCN(C)CC2)cc1OC. The average Bonchev–Trinajstić information content (AvgIpc) is 2.78. The molecule has 0 atom stereocenters. The molecule has 0 radical (unpaired) electrons. The monoisotopic (exact) mass is 412 g/mol. The zero-order chi connectivity index (χ0) is 21.3. The number of hydrogen-bond donors (Lipinski definition) is 2. The van der Waals surface area contributed by atoms with Gasteiger partial charge in [-0.2, -0.15) is 0 Å². The molecule has 1 aliphatic heterocycles. The van der Waals surface area contributed by atoms with Crippen LogP contribution in [0.25, 0.3) is 0 Å². The van der Waals surface area contributed by atoms with Gasteiger partial charge in [0, 0.05) is 63.3 Å². The Morgan fingerprint density at radius 2 is 1.97 bits per heavy atom. The number of rotatable bonds is 7. The molecule has 0 amide bonds. The van der Waals surface area contributed by atoms with Gasteiger partial charge < -0.3 is 29.9 Å². The fraction of sp³-hybridized carbons (Fsp3) is 0.455. The molecular weight excluding hydrogens is 380 g/mol. The zero-order valence-corrected chi connectivity index (χ0v) is 18.3. The van der Waals surface area contributed by atoms with Crippen LogP contribution >= 0.6 is 0 Å². The number of anilines is 2. The first-order chi connectivity index (χ1) is 14.6. The molecule has 30 heavy (non-hydrogen) atoms. The molecule has 1 aromatic heterocycles. The third-order valence-corrected chi connectivity index (χ3v) is 5.07. The van der Waals surface area contributed by atoms with Gasteiger partial charge >= 0.3 is 0 Å². The quantitative estimate of drug-likeness (QED) is 0.534. The fourth-order valence-corrected chi connectivity index (χ4v) is 3.39. The van der Waals surface area contributed by atoms with Gasteiger partial charge in [-0.1, -0.05) is 6.07 Å². The molecule has 1 saturated heterocycles. The molecule has 8 nitrogen and oxygen atoms in total. The Kier molecular flexibility index (Phi) is 7.73. The maximum Gasteiger partial charge on any atom is 0.195 e. The standard InChI is InChI=1S/C22H32N6O2/c1-5-30-19-9-8-18(15-20(19)29-4)26-22(23-2)25-16-17-7-6-10-24-21(17)28-13-11-27(3)12-14-28/h6-10,15H,5,11-14,16H2,1-4H3,(H2,23,25,26). The molecule has 3 rings (SSSR count). The minimum absolute atomic E-state index is 0.590. The van der Waals surface area contributed by atoms with Crippen LogP contribution in [0.4, 0.5) is 11.5 Å². The van der Waals surface area contributed by atoms with E-state index >= 15 is 0 Å². The van der Waals surface area contributed by atoms with Crippen LogP contribution in [0, 0.1) is 0 Å². The molecule has 1 fully saturated rings. The number of hydrogen-bond acceptors (Lipinski definition) is 6. The summed E-state index contributed by atoms with van der Waals surface area (Å²) >= 11 is 0. The summed E-state index contributed by atoms with van der Waals surface area (Å²) in [5.74, 6) is 3.12. The summed E-state index contributed by atoms with van der Waals surface area (Å²) < 4.78 is 11.0. The molecule has 0 aliphatic carbocycles. The number of benzene rings is 1. The molecule has 1 aliphatic rings. The Morgan fingerprint density at radius 3 is 2.67 bits per heavy atom. The van der Waals surface area contributed by atoms with Gasteiger partial charge in [0.1, 0.15) is 5.82 Å². The number of ether oxygens (including phenoxy) is 2. The van der Waals surface area contributed by atoms with E-state index in [2.05, 4.69) is 43.5 Å². The Hall–Kier alpha value is -3.00. The molecule has 2 aromatic rings. The summed E-state index contributed by atoms with van der Waals surface area (Å²) in [7, 11) is 5.55. The van der Waals surface area contributed by atoms with Crippen LogP contribution in [-0.4, -0.2) is 69.8 Å². The van der Waals surface area contributed by atoms with Crippen molar-refractivity contribution in [3.05, 3.63) is 42.1 Å². The van der Waals surface area contributed by atoms with Crippen LogP contribution < -0.4 is 25.0 Å². The van der Waals surface area contributed by atoms with E-state index < -0.39 is 0 Å².